The number of carboxylic acids is 1. The number of aryl methyl sites for hydroxylation is 2. The molecule has 158 valence electrons. The summed E-state index contributed by atoms with van der Waals surface area (Å²) in [6.07, 6.45) is 0. The van der Waals surface area contributed by atoms with Crippen molar-refractivity contribution in [1.82, 2.24) is 9.88 Å². The molecule has 4 rings (SSSR count). The fourth-order valence-electron chi connectivity index (χ4n) is 3.80. The normalized spacial score (nSPS) is 15.8. The molecule has 1 aliphatic rings. The highest BCUT2D eigenvalue weighted by Crippen LogP contribution is 2.38. The number of fused-ring (bicyclic) bond motifs is 1. The molecule has 0 spiro atoms. The smallest absolute Gasteiger partial charge is 0.337 e. The lowest BCUT2D eigenvalue weighted by Gasteiger charge is -2.33. The van der Waals surface area contributed by atoms with Crippen LogP contribution in [-0.4, -0.2) is 34.6 Å². The van der Waals surface area contributed by atoms with Gasteiger partial charge in [-0.05, 0) is 67.9 Å². The minimum absolute atomic E-state index is 0.278. The molecule has 1 aliphatic heterocycles. The molecule has 3 aromatic rings. The zero-order chi connectivity index (χ0) is 22.0. The van der Waals surface area contributed by atoms with Gasteiger partial charge in [-0.1, -0.05) is 35.3 Å². The number of aromatic amines is 1. The molecule has 1 aromatic heterocycles. The van der Waals surface area contributed by atoms with Crippen molar-refractivity contribution in [3.63, 3.8) is 0 Å². The lowest BCUT2D eigenvalue weighted by Crippen LogP contribution is -2.31. The van der Waals surface area contributed by atoms with Gasteiger partial charge in [-0.15, -0.1) is 0 Å². The van der Waals surface area contributed by atoms with Crippen molar-refractivity contribution >= 4 is 34.9 Å². The first kappa shape index (κ1) is 22.2. The van der Waals surface area contributed by atoms with E-state index in [1.54, 1.807) is 13.0 Å². The number of hydrogen-bond donors (Lipinski definition) is 3. The molecule has 0 saturated heterocycles. The summed E-state index contributed by atoms with van der Waals surface area (Å²) >= 11 is 12.5. The van der Waals surface area contributed by atoms with Gasteiger partial charge in [0.2, 0.25) is 0 Å². The molecule has 0 saturated carbocycles. The molecule has 2 heterocycles. The van der Waals surface area contributed by atoms with Crippen molar-refractivity contribution in [2.75, 3.05) is 19.3 Å². The lowest BCUT2D eigenvalue weighted by molar-refractivity contribution is 0.0696. The second-order valence-electron chi connectivity index (χ2n) is 7.67. The average Bonchev–Trinajstić information content (AvgIpc) is 3.02. The molecular weight excluding hydrogens is 421 g/mol. The van der Waals surface area contributed by atoms with E-state index in [-0.39, 0.29) is 5.92 Å². The Morgan fingerprint density at radius 1 is 1.17 bits per heavy atom. The average molecular weight is 446 g/mol. The minimum atomic E-state index is -0.873. The summed E-state index contributed by atoms with van der Waals surface area (Å²) in [5, 5.41) is 10.0. The highest BCUT2D eigenvalue weighted by atomic mass is 35.5. The molecule has 1 atom stereocenters. The van der Waals surface area contributed by atoms with Crippen LogP contribution in [0.4, 0.5) is 5.69 Å². The van der Waals surface area contributed by atoms with Gasteiger partial charge in [-0.25, -0.2) is 4.79 Å². The number of anilines is 1. The summed E-state index contributed by atoms with van der Waals surface area (Å²) in [6, 6.07) is 13.5. The first-order valence-corrected chi connectivity index (χ1v) is 10.3. The van der Waals surface area contributed by atoms with Crippen LogP contribution in [0.2, 0.25) is 10.0 Å². The van der Waals surface area contributed by atoms with E-state index in [1.807, 2.05) is 31.2 Å². The Kier molecular flexibility index (Phi) is 6.76. The van der Waals surface area contributed by atoms with E-state index in [4.69, 9.17) is 34.0 Å². The number of hydrogen-bond acceptors (Lipinski definition) is 3. The van der Waals surface area contributed by atoms with E-state index >= 15 is 0 Å². The van der Waals surface area contributed by atoms with Gasteiger partial charge in [-0.2, -0.15) is 0 Å². The Morgan fingerprint density at radius 2 is 1.83 bits per heavy atom. The van der Waals surface area contributed by atoms with Crippen LogP contribution in [0.15, 0.2) is 42.5 Å². The third-order valence-electron chi connectivity index (χ3n) is 5.21. The van der Waals surface area contributed by atoms with E-state index in [2.05, 4.69) is 29.1 Å². The number of carbonyl (C=O) groups is 1. The van der Waals surface area contributed by atoms with Crippen LogP contribution in [0.5, 0.6) is 0 Å². The second-order valence-corrected chi connectivity index (χ2v) is 8.51. The van der Waals surface area contributed by atoms with Crippen LogP contribution in [-0.2, 0) is 6.54 Å². The topological polar surface area (TPSA) is 82.3 Å². The molecule has 1 unspecified atom stereocenters. The third kappa shape index (κ3) is 4.98. The number of nitrogens with zero attached hydrogens (tertiary/aromatic N) is 1. The predicted molar refractivity (Wildman–Crippen MR) is 123 cm³/mol. The largest absolute Gasteiger partial charge is 0.478 e. The minimum Gasteiger partial charge on any atom is -0.478 e. The molecule has 2 aromatic carbocycles. The summed E-state index contributed by atoms with van der Waals surface area (Å²) in [6.45, 7) is 5.39. The first-order chi connectivity index (χ1) is 14.2. The summed E-state index contributed by atoms with van der Waals surface area (Å²) in [5.74, 6) is -0.595. The van der Waals surface area contributed by atoms with Crippen LogP contribution in [0.1, 0.15) is 44.4 Å². The SMILES string of the molecule is CN1Cc2c(Cl)cc(Cl)cc2C(c2ccc(N)cc2)C1.Cc1cc(C(=O)O)c(C)[nH]1. The van der Waals surface area contributed by atoms with Gasteiger partial charge >= 0.3 is 5.97 Å². The molecule has 0 bridgehead atoms. The van der Waals surface area contributed by atoms with Gasteiger partial charge < -0.3 is 20.7 Å². The van der Waals surface area contributed by atoms with Crippen LogP contribution >= 0.6 is 23.2 Å². The van der Waals surface area contributed by atoms with Crippen LogP contribution in [0, 0.1) is 13.8 Å². The van der Waals surface area contributed by atoms with Gasteiger partial charge in [0.1, 0.15) is 0 Å². The van der Waals surface area contributed by atoms with Crippen molar-refractivity contribution in [2.45, 2.75) is 26.3 Å². The molecule has 30 heavy (non-hydrogen) atoms. The zero-order valence-corrected chi connectivity index (χ0v) is 18.7. The zero-order valence-electron chi connectivity index (χ0n) is 17.2. The maximum Gasteiger partial charge on any atom is 0.337 e. The molecule has 0 amide bonds. The van der Waals surface area contributed by atoms with Crippen molar-refractivity contribution in [3.8, 4) is 0 Å². The fraction of sp³-hybridized carbons (Fsp3) is 0.261. The van der Waals surface area contributed by atoms with E-state index < -0.39 is 5.97 Å². The number of H-pyrrole nitrogens is 1. The second kappa shape index (κ2) is 9.13. The number of aromatic nitrogens is 1. The van der Waals surface area contributed by atoms with Gasteiger partial charge in [-0.3, -0.25) is 0 Å². The van der Waals surface area contributed by atoms with Gasteiger partial charge in [0.15, 0.2) is 0 Å². The van der Waals surface area contributed by atoms with E-state index in [0.29, 0.717) is 16.3 Å². The first-order valence-electron chi connectivity index (χ1n) is 9.57. The Labute approximate surface area is 186 Å². The number of likely N-dealkylation sites (N-methyl/N-ethyl adjacent to an activating group) is 1. The summed E-state index contributed by atoms with van der Waals surface area (Å²) in [7, 11) is 2.11. The van der Waals surface area contributed by atoms with Gasteiger partial charge in [0.05, 0.1) is 5.56 Å². The standard InChI is InChI=1S/C16H16Cl2N2.C7H9NO2/c1-20-8-14(10-2-4-12(19)5-3-10)13-6-11(17)7-16(18)15(13)9-20;1-4-3-6(7(9)10)5(2)8-4/h2-7,14H,8-9,19H2,1H3;3,8H,1-2H3,(H,9,10). The summed E-state index contributed by atoms with van der Waals surface area (Å²) < 4.78 is 0. The number of halogens is 2. The Morgan fingerprint density at radius 3 is 2.37 bits per heavy atom. The number of benzene rings is 2. The molecule has 4 N–H and O–H groups in total. The van der Waals surface area contributed by atoms with Crippen LogP contribution in [0.3, 0.4) is 0 Å². The van der Waals surface area contributed by atoms with Crippen molar-refractivity contribution in [2.24, 2.45) is 0 Å². The predicted octanol–water partition coefficient (Wildman–Crippen LogP) is 5.48. The maximum absolute atomic E-state index is 10.4. The van der Waals surface area contributed by atoms with E-state index in [0.717, 1.165) is 29.5 Å². The lowest BCUT2D eigenvalue weighted by atomic mass is 9.85. The molecule has 0 fully saturated rings. The Balaban J connectivity index is 0.000000216. The highest BCUT2D eigenvalue weighted by molar-refractivity contribution is 6.35. The van der Waals surface area contributed by atoms with Crippen molar-refractivity contribution in [3.05, 3.63) is 86.2 Å². The number of aromatic carboxylic acids is 1. The molecule has 5 nitrogen and oxygen atoms in total. The fourth-order valence-corrected chi connectivity index (χ4v) is 4.37. The van der Waals surface area contributed by atoms with Crippen molar-refractivity contribution in [1.29, 1.82) is 0 Å². The van der Waals surface area contributed by atoms with Crippen molar-refractivity contribution < 1.29 is 9.90 Å². The summed E-state index contributed by atoms with van der Waals surface area (Å²) in [4.78, 5) is 15.6. The molecule has 0 aliphatic carbocycles. The quantitative estimate of drug-likeness (QED) is 0.455. The number of nitrogens with one attached hydrogen (secondary N) is 1. The number of carboxylic acid groups (broad SMARTS) is 1. The van der Waals surface area contributed by atoms with Gasteiger partial charge in [0.25, 0.3) is 0 Å². The van der Waals surface area contributed by atoms with Gasteiger partial charge in [0, 0.05) is 46.1 Å². The highest BCUT2D eigenvalue weighted by Gasteiger charge is 2.26. The number of nitrogens with two attached hydrogens (primary N) is 1. The maximum atomic E-state index is 10.4. The number of rotatable bonds is 2. The number of nitrogen functional groups attached to an aromatic ring is 1. The molecule has 7 heteroatoms. The van der Waals surface area contributed by atoms with E-state index in [1.165, 1.54) is 16.7 Å². The van der Waals surface area contributed by atoms with Crippen LogP contribution < -0.4 is 5.73 Å². The Bertz CT molecular complexity index is 1060. The van der Waals surface area contributed by atoms with Crippen LogP contribution in [0.25, 0.3) is 0 Å². The molecular formula is C23H25Cl2N3O2. The third-order valence-corrected chi connectivity index (χ3v) is 5.77. The van der Waals surface area contributed by atoms with E-state index in [9.17, 15) is 4.79 Å². The molecule has 0 radical (unpaired) electrons. The summed E-state index contributed by atoms with van der Waals surface area (Å²) in [5.41, 5.74) is 12.2. The monoisotopic (exact) mass is 445 g/mol. The Hall–Kier alpha value is -2.47.